The fourth-order valence-corrected chi connectivity index (χ4v) is 6.19. The van der Waals surface area contributed by atoms with Crippen molar-refractivity contribution in [1.29, 1.82) is 5.26 Å². The Bertz CT molecular complexity index is 2000. The van der Waals surface area contributed by atoms with Crippen LogP contribution in [0.25, 0.3) is 22.0 Å². The van der Waals surface area contributed by atoms with Gasteiger partial charge in [0.05, 0.1) is 12.6 Å². The molecule has 2 aromatic carbocycles. The number of anilines is 2. The van der Waals surface area contributed by atoms with Crippen LogP contribution in [0.5, 0.6) is 5.88 Å². The van der Waals surface area contributed by atoms with Crippen LogP contribution in [-0.4, -0.2) is 67.5 Å². The van der Waals surface area contributed by atoms with Crippen LogP contribution in [0.1, 0.15) is 20.8 Å². The Kier molecular flexibility index (Phi) is 8.89. The van der Waals surface area contributed by atoms with E-state index in [4.69, 9.17) is 4.74 Å². The molecule has 4 aromatic rings. The van der Waals surface area contributed by atoms with Crippen molar-refractivity contribution in [2.24, 2.45) is 5.41 Å². The summed E-state index contributed by atoms with van der Waals surface area (Å²) in [5, 5.41) is 10.3. The predicted octanol–water partition coefficient (Wildman–Crippen LogP) is 4.92. The number of ether oxygens (including phenoxy) is 1. The van der Waals surface area contributed by atoms with Gasteiger partial charge in [-0.15, -0.1) is 0 Å². The van der Waals surface area contributed by atoms with Gasteiger partial charge >= 0.3 is 0 Å². The lowest BCUT2D eigenvalue weighted by molar-refractivity contribution is -0.127. The van der Waals surface area contributed by atoms with Crippen LogP contribution in [0, 0.1) is 28.4 Å². The van der Waals surface area contributed by atoms with Crippen LogP contribution in [-0.2, 0) is 14.8 Å². The van der Waals surface area contributed by atoms with E-state index in [1.54, 1.807) is 23.1 Å². The molecule has 2 aromatic heterocycles. The van der Waals surface area contributed by atoms with E-state index < -0.39 is 26.6 Å². The minimum absolute atomic E-state index is 0.0496. The zero-order valence-corrected chi connectivity index (χ0v) is 26.4. The number of halogens is 2. The number of carbonyl (C=O) groups excluding carboxylic acids is 1. The number of piperazine rings is 1. The maximum Gasteiger partial charge on any atom is 0.264 e. The van der Waals surface area contributed by atoms with Crippen molar-refractivity contribution >= 4 is 38.3 Å². The van der Waals surface area contributed by atoms with Gasteiger partial charge in [0.15, 0.2) is 0 Å². The zero-order valence-electron chi connectivity index (χ0n) is 25.6. The first-order valence-corrected chi connectivity index (χ1v) is 15.7. The number of pyridine rings is 1. The van der Waals surface area contributed by atoms with Crippen molar-refractivity contribution in [3.8, 4) is 23.1 Å². The molecule has 3 heterocycles. The number of methoxy groups -OCH3 is 1. The van der Waals surface area contributed by atoms with Gasteiger partial charge in [0.2, 0.25) is 5.88 Å². The number of hydrogen-bond donors (Lipinski definition) is 1. The van der Waals surface area contributed by atoms with Gasteiger partial charge < -0.3 is 14.5 Å². The van der Waals surface area contributed by atoms with Crippen LogP contribution in [0.2, 0.25) is 0 Å². The highest BCUT2D eigenvalue weighted by molar-refractivity contribution is 7.92. The number of rotatable bonds is 7. The molecule has 0 unspecified atom stereocenters. The predicted molar refractivity (Wildman–Crippen MR) is 168 cm³/mol. The van der Waals surface area contributed by atoms with Crippen molar-refractivity contribution < 1.29 is 26.7 Å². The fraction of sp³-hybridized carbons (Fsp3) is 0.281. The summed E-state index contributed by atoms with van der Waals surface area (Å²) in [6.07, 6.45) is 4.65. The molecule has 0 atom stereocenters. The molecule has 1 aliphatic heterocycles. The Labute approximate surface area is 265 Å². The first-order chi connectivity index (χ1) is 21.8. The Morgan fingerprint density at radius 1 is 1.02 bits per heavy atom. The van der Waals surface area contributed by atoms with Crippen LogP contribution in [0.3, 0.4) is 0 Å². The van der Waals surface area contributed by atoms with E-state index in [2.05, 4.69) is 19.7 Å². The molecule has 0 radical (unpaired) electrons. The lowest BCUT2D eigenvalue weighted by Gasteiger charge is -2.35. The Morgan fingerprint density at radius 3 is 2.41 bits per heavy atom. The van der Waals surface area contributed by atoms with Crippen molar-refractivity contribution in [3.63, 3.8) is 0 Å². The second kappa shape index (κ2) is 12.7. The molecule has 5 rings (SSSR count). The third kappa shape index (κ3) is 6.89. The summed E-state index contributed by atoms with van der Waals surface area (Å²) >= 11 is 0. The van der Waals surface area contributed by atoms with E-state index in [0.717, 1.165) is 17.5 Å². The van der Waals surface area contributed by atoms with E-state index in [1.807, 2.05) is 37.8 Å². The standard InChI is InChI=1S/C32H31F2N7O4S/c1-32(2,3)16-22(17-35)31(42)41-11-9-40(10-12-41)29-24-13-20(5-7-26(24)37-19-38-29)21-14-27(30(45-4)36-18-21)39-46(43,44)28-8-6-23(33)15-25(28)34/h5-8,13-16,18-19,39H,9-12H2,1-4H3/b22-16+. The lowest BCUT2D eigenvalue weighted by Crippen LogP contribution is -2.49. The number of hydrogen-bond acceptors (Lipinski definition) is 9. The van der Waals surface area contributed by atoms with Gasteiger partial charge in [-0.05, 0) is 41.3 Å². The largest absolute Gasteiger partial charge is 0.480 e. The molecule has 1 N–H and O–H groups in total. The molecular formula is C32H31F2N7O4S. The number of amides is 1. The minimum Gasteiger partial charge on any atom is -0.480 e. The number of nitrogens with zero attached hydrogens (tertiary/aromatic N) is 6. The van der Waals surface area contributed by atoms with E-state index in [1.165, 1.54) is 25.7 Å². The monoisotopic (exact) mass is 647 g/mol. The molecule has 46 heavy (non-hydrogen) atoms. The number of nitrogens with one attached hydrogen (secondary N) is 1. The highest BCUT2D eigenvalue weighted by atomic mass is 32.2. The molecule has 0 bridgehead atoms. The first kappa shape index (κ1) is 32.2. The number of aromatic nitrogens is 3. The zero-order chi connectivity index (χ0) is 33.2. The highest BCUT2D eigenvalue weighted by Gasteiger charge is 2.27. The van der Waals surface area contributed by atoms with Crippen molar-refractivity contribution in [2.45, 2.75) is 25.7 Å². The smallest absolute Gasteiger partial charge is 0.264 e. The van der Waals surface area contributed by atoms with Crippen molar-refractivity contribution in [2.75, 3.05) is 42.9 Å². The summed E-state index contributed by atoms with van der Waals surface area (Å²) in [5.41, 5.74) is 1.60. The van der Waals surface area contributed by atoms with Crippen LogP contribution in [0.15, 0.2) is 71.5 Å². The van der Waals surface area contributed by atoms with Gasteiger partial charge in [-0.1, -0.05) is 32.9 Å². The van der Waals surface area contributed by atoms with Gasteiger partial charge in [0.25, 0.3) is 15.9 Å². The molecule has 14 heteroatoms. The van der Waals surface area contributed by atoms with E-state index >= 15 is 0 Å². The molecule has 1 amide bonds. The maximum absolute atomic E-state index is 14.3. The molecule has 0 aliphatic carbocycles. The maximum atomic E-state index is 14.3. The van der Waals surface area contributed by atoms with Gasteiger partial charge in [0.1, 0.15) is 46.0 Å². The van der Waals surface area contributed by atoms with E-state index in [-0.39, 0.29) is 28.5 Å². The normalized spacial score (nSPS) is 14.2. The average molecular weight is 648 g/mol. The Morgan fingerprint density at radius 2 is 1.76 bits per heavy atom. The second-order valence-electron chi connectivity index (χ2n) is 11.7. The summed E-state index contributed by atoms with van der Waals surface area (Å²) in [5.74, 6) is -1.85. The minimum atomic E-state index is -4.46. The van der Waals surface area contributed by atoms with E-state index in [0.29, 0.717) is 54.7 Å². The highest BCUT2D eigenvalue weighted by Crippen LogP contribution is 2.34. The average Bonchev–Trinajstić information content (AvgIpc) is 3.02. The van der Waals surface area contributed by atoms with Crippen LogP contribution < -0.4 is 14.4 Å². The second-order valence-corrected chi connectivity index (χ2v) is 13.4. The number of carbonyl (C=O) groups is 1. The Hall–Kier alpha value is -5.16. The number of fused-ring (bicyclic) bond motifs is 1. The number of benzene rings is 2. The molecule has 11 nitrogen and oxygen atoms in total. The van der Waals surface area contributed by atoms with Crippen LogP contribution >= 0.6 is 0 Å². The summed E-state index contributed by atoms with van der Waals surface area (Å²) in [6.45, 7) is 7.54. The number of allylic oxidation sites excluding steroid dienone is 1. The lowest BCUT2D eigenvalue weighted by atomic mass is 9.93. The fourth-order valence-electron chi connectivity index (χ4n) is 5.08. The van der Waals surface area contributed by atoms with Gasteiger partial charge in [-0.3, -0.25) is 9.52 Å². The third-order valence-electron chi connectivity index (χ3n) is 7.21. The molecule has 0 saturated carbocycles. The quantitative estimate of drug-likeness (QED) is 0.218. The van der Waals surface area contributed by atoms with Crippen LogP contribution in [0.4, 0.5) is 20.3 Å². The summed E-state index contributed by atoms with van der Waals surface area (Å²) in [7, 11) is -3.15. The summed E-state index contributed by atoms with van der Waals surface area (Å²) in [6, 6.07) is 11.2. The number of nitriles is 1. The third-order valence-corrected chi connectivity index (χ3v) is 8.61. The van der Waals surface area contributed by atoms with Gasteiger partial charge in [-0.25, -0.2) is 32.2 Å². The molecule has 238 valence electrons. The summed E-state index contributed by atoms with van der Waals surface area (Å²) in [4.78, 5) is 29.2. The van der Waals surface area contributed by atoms with Crippen molar-refractivity contribution in [1.82, 2.24) is 19.9 Å². The van der Waals surface area contributed by atoms with Crippen molar-refractivity contribution in [3.05, 3.63) is 78.3 Å². The summed E-state index contributed by atoms with van der Waals surface area (Å²) < 4.78 is 61.3. The molecule has 1 saturated heterocycles. The topological polar surface area (TPSA) is 141 Å². The number of sulfonamides is 1. The van der Waals surface area contributed by atoms with Gasteiger partial charge in [0, 0.05) is 49.4 Å². The van der Waals surface area contributed by atoms with Gasteiger partial charge in [-0.2, -0.15) is 5.26 Å². The molecular weight excluding hydrogens is 616 g/mol. The first-order valence-electron chi connectivity index (χ1n) is 14.2. The Balaban J connectivity index is 1.42. The molecule has 1 fully saturated rings. The van der Waals surface area contributed by atoms with E-state index in [9.17, 15) is 27.3 Å². The molecule has 0 spiro atoms. The molecule has 1 aliphatic rings. The SMILES string of the molecule is COc1ncc(-c2ccc3ncnc(N4CCN(C(=O)/C(C#N)=C/C(C)(C)C)CC4)c3c2)cc1NS(=O)(=O)c1ccc(F)cc1F.